The molecule has 21 heavy (non-hydrogen) atoms. The molecule has 2 N–H and O–H groups in total. The molecule has 106 valence electrons. The van der Waals surface area contributed by atoms with Gasteiger partial charge in [-0.05, 0) is 42.0 Å². The van der Waals surface area contributed by atoms with Crippen LogP contribution < -0.4 is 10.6 Å². The first-order valence-electron chi connectivity index (χ1n) is 6.38. The highest BCUT2D eigenvalue weighted by Gasteiger charge is 2.10. The summed E-state index contributed by atoms with van der Waals surface area (Å²) in [6.45, 7) is 1.46. The Morgan fingerprint density at radius 1 is 1.10 bits per heavy atom. The zero-order valence-corrected chi connectivity index (χ0v) is 13.0. The molecule has 0 aliphatic carbocycles. The number of carbonyl (C=O) groups is 1. The van der Waals surface area contributed by atoms with Crippen LogP contribution in [0.2, 0.25) is 0 Å². The number of carbonyl (C=O) groups excluding carboxylic acids is 1. The predicted octanol–water partition coefficient (Wildman–Crippen LogP) is 4.08. The lowest BCUT2D eigenvalue weighted by atomic mass is 10.1. The van der Waals surface area contributed by atoms with E-state index in [1.807, 2.05) is 36.4 Å². The van der Waals surface area contributed by atoms with Gasteiger partial charge in [0.2, 0.25) is 5.91 Å². The van der Waals surface area contributed by atoms with Gasteiger partial charge < -0.3 is 10.6 Å². The fraction of sp³-hybridized carbons (Fsp3) is 0.125. The Morgan fingerprint density at radius 3 is 2.19 bits per heavy atom. The third kappa shape index (κ3) is 4.33. The van der Waals surface area contributed by atoms with Crippen molar-refractivity contribution < 1.29 is 4.79 Å². The van der Waals surface area contributed by atoms with Gasteiger partial charge in [0, 0.05) is 22.8 Å². The lowest BCUT2D eigenvalue weighted by Gasteiger charge is -2.14. The van der Waals surface area contributed by atoms with Crippen molar-refractivity contribution in [2.45, 2.75) is 13.0 Å². The van der Waals surface area contributed by atoms with Crippen molar-refractivity contribution in [2.24, 2.45) is 0 Å². The quantitative estimate of drug-likeness (QED) is 0.878. The molecule has 0 saturated carbocycles. The fourth-order valence-electron chi connectivity index (χ4n) is 1.87. The molecule has 5 heteroatoms. The molecule has 2 rings (SSSR count). The Kier molecular flexibility index (Phi) is 4.96. The van der Waals surface area contributed by atoms with Crippen LogP contribution in [0.3, 0.4) is 0 Å². The van der Waals surface area contributed by atoms with E-state index < -0.39 is 6.04 Å². The molecule has 0 aromatic heterocycles. The Morgan fingerprint density at radius 2 is 1.67 bits per heavy atom. The van der Waals surface area contributed by atoms with Crippen molar-refractivity contribution in [1.29, 1.82) is 5.26 Å². The molecular weight excluding hydrogens is 330 g/mol. The van der Waals surface area contributed by atoms with Gasteiger partial charge in [0.05, 0.1) is 6.07 Å². The van der Waals surface area contributed by atoms with Gasteiger partial charge in [-0.3, -0.25) is 4.79 Å². The lowest BCUT2D eigenvalue weighted by Crippen LogP contribution is -2.09. The van der Waals surface area contributed by atoms with E-state index in [1.54, 1.807) is 12.1 Å². The maximum absolute atomic E-state index is 11.0. The van der Waals surface area contributed by atoms with Crippen LogP contribution in [-0.4, -0.2) is 5.91 Å². The van der Waals surface area contributed by atoms with Crippen LogP contribution in [-0.2, 0) is 4.79 Å². The van der Waals surface area contributed by atoms with Gasteiger partial charge in [-0.15, -0.1) is 0 Å². The Labute approximate surface area is 131 Å². The van der Waals surface area contributed by atoms with Crippen LogP contribution in [0, 0.1) is 11.3 Å². The average Bonchev–Trinajstić information content (AvgIpc) is 2.47. The van der Waals surface area contributed by atoms with Crippen LogP contribution in [0.5, 0.6) is 0 Å². The molecule has 0 radical (unpaired) electrons. The summed E-state index contributed by atoms with van der Waals surface area (Å²) >= 11 is 3.37. The summed E-state index contributed by atoms with van der Waals surface area (Å²) in [6.07, 6.45) is 0. The molecule has 0 bridgehead atoms. The van der Waals surface area contributed by atoms with Crippen LogP contribution in [0.15, 0.2) is 53.0 Å². The van der Waals surface area contributed by atoms with E-state index >= 15 is 0 Å². The first-order chi connectivity index (χ1) is 10.1. The highest BCUT2D eigenvalue weighted by atomic mass is 79.9. The number of nitrogens with zero attached hydrogens (tertiary/aromatic N) is 1. The third-order valence-corrected chi connectivity index (χ3v) is 3.38. The minimum Gasteiger partial charge on any atom is -0.366 e. The number of hydrogen-bond donors (Lipinski definition) is 2. The van der Waals surface area contributed by atoms with Gasteiger partial charge in [0.1, 0.15) is 6.04 Å². The van der Waals surface area contributed by atoms with E-state index in [4.69, 9.17) is 0 Å². The molecule has 1 amide bonds. The summed E-state index contributed by atoms with van der Waals surface area (Å²) in [5, 5.41) is 15.2. The molecule has 2 aromatic rings. The highest BCUT2D eigenvalue weighted by molar-refractivity contribution is 9.10. The Balaban J connectivity index is 2.12. The molecule has 0 aliphatic heterocycles. The summed E-state index contributed by atoms with van der Waals surface area (Å²) in [5.74, 6) is -0.118. The van der Waals surface area contributed by atoms with E-state index in [0.29, 0.717) is 5.69 Å². The minimum absolute atomic E-state index is 0.118. The topological polar surface area (TPSA) is 64.9 Å². The summed E-state index contributed by atoms with van der Waals surface area (Å²) in [7, 11) is 0. The highest BCUT2D eigenvalue weighted by Crippen LogP contribution is 2.22. The van der Waals surface area contributed by atoms with Crippen molar-refractivity contribution in [3.63, 3.8) is 0 Å². The monoisotopic (exact) mass is 343 g/mol. The number of benzene rings is 2. The summed E-state index contributed by atoms with van der Waals surface area (Å²) in [6, 6.07) is 16.6. The maximum atomic E-state index is 11.0. The second kappa shape index (κ2) is 6.91. The number of rotatable bonds is 4. The molecule has 0 spiro atoms. The zero-order chi connectivity index (χ0) is 15.2. The van der Waals surface area contributed by atoms with E-state index in [1.165, 1.54) is 6.92 Å². The largest absolute Gasteiger partial charge is 0.366 e. The van der Waals surface area contributed by atoms with E-state index in [9.17, 15) is 10.1 Å². The van der Waals surface area contributed by atoms with Crippen LogP contribution in [0.25, 0.3) is 0 Å². The van der Waals surface area contributed by atoms with Gasteiger partial charge in [0.25, 0.3) is 0 Å². The molecule has 4 nitrogen and oxygen atoms in total. The molecule has 0 fully saturated rings. The number of halogens is 1. The van der Waals surface area contributed by atoms with Crippen molar-refractivity contribution in [1.82, 2.24) is 0 Å². The van der Waals surface area contributed by atoms with Gasteiger partial charge in [-0.2, -0.15) is 5.26 Å². The molecule has 0 aliphatic rings. The standard InChI is InChI=1S/C16H14BrN3O/c1-11(21)19-14-6-2-12(3-7-14)16(10-18)20-15-8-4-13(17)5-9-15/h2-9,16,20H,1H3,(H,19,21). The van der Waals surface area contributed by atoms with Crippen LogP contribution in [0.4, 0.5) is 11.4 Å². The van der Waals surface area contributed by atoms with Crippen molar-refractivity contribution in [3.8, 4) is 6.07 Å². The maximum Gasteiger partial charge on any atom is 0.221 e. The molecule has 2 aromatic carbocycles. The zero-order valence-electron chi connectivity index (χ0n) is 11.4. The van der Waals surface area contributed by atoms with Crippen molar-refractivity contribution in [3.05, 3.63) is 58.6 Å². The summed E-state index contributed by atoms with van der Waals surface area (Å²) in [5.41, 5.74) is 2.43. The molecule has 1 unspecified atom stereocenters. The minimum atomic E-state index is -0.447. The smallest absolute Gasteiger partial charge is 0.221 e. The number of nitriles is 1. The van der Waals surface area contributed by atoms with Crippen molar-refractivity contribution in [2.75, 3.05) is 10.6 Å². The number of nitrogens with one attached hydrogen (secondary N) is 2. The first kappa shape index (κ1) is 15.1. The summed E-state index contributed by atoms with van der Waals surface area (Å²) in [4.78, 5) is 11.0. The van der Waals surface area contributed by atoms with Gasteiger partial charge >= 0.3 is 0 Å². The Hall–Kier alpha value is -2.32. The van der Waals surface area contributed by atoms with Gasteiger partial charge in [0.15, 0.2) is 0 Å². The molecule has 0 saturated heterocycles. The van der Waals surface area contributed by atoms with Gasteiger partial charge in [-0.25, -0.2) is 0 Å². The number of anilines is 2. The lowest BCUT2D eigenvalue weighted by molar-refractivity contribution is -0.114. The fourth-order valence-corrected chi connectivity index (χ4v) is 2.13. The molecule has 1 atom stereocenters. The Bertz CT molecular complexity index is 659. The third-order valence-electron chi connectivity index (χ3n) is 2.85. The predicted molar refractivity (Wildman–Crippen MR) is 86.9 cm³/mol. The van der Waals surface area contributed by atoms with E-state index in [2.05, 4.69) is 32.6 Å². The van der Waals surface area contributed by atoms with Crippen LogP contribution in [0.1, 0.15) is 18.5 Å². The van der Waals surface area contributed by atoms with Gasteiger partial charge in [-0.1, -0.05) is 28.1 Å². The summed E-state index contributed by atoms with van der Waals surface area (Å²) < 4.78 is 0.987. The molecular formula is C16H14BrN3O. The van der Waals surface area contributed by atoms with E-state index in [0.717, 1.165) is 15.7 Å². The average molecular weight is 344 g/mol. The SMILES string of the molecule is CC(=O)Nc1ccc(C(C#N)Nc2ccc(Br)cc2)cc1. The first-order valence-corrected chi connectivity index (χ1v) is 7.17. The second-order valence-corrected chi connectivity index (χ2v) is 5.43. The number of amides is 1. The van der Waals surface area contributed by atoms with Crippen molar-refractivity contribution >= 4 is 33.2 Å². The van der Waals surface area contributed by atoms with Crippen LogP contribution >= 0.6 is 15.9 Å². The normalized spacial score (nSPS) is 11.3. The van der Waals surface area contributed by atoms with E-state index in [-0.39, 0.29) is 5.91 Å². The molecule has 0 heterocycles. The number of hydrogen-bond acceptors (Lipinski definition) is 3. The second-order valence-electron chi connectivity index (χ2n) is 4.52.